The Labute approximate surface area is 157 Å². The van der Waals surface area contributed by atoms with E-state index >= 15 is 0 Å². The summed E-state index contributed by atoms with van der Waals surface area (Å²) in [5, 5.41) is 7.05. The molecule has 3 atom stereocenters. The van der Waals surface area contributed by atoms with Gasteiger partial charge in [0.25, 0.3) is 0 Å². The Morgan fingerprint density at radius 2 is 1.96 bits per heavy atom. The number of nitrogens with one attached hydrogen (secondary N) is 2. The molecule has 1 aromatic carbocycles. The van der Waals surface area contributed by atoms with Crippen LogP contribution in [0.15, 0.2) is 12.1 Å². The van der Waals surface area contributed by atoms with Crippen molar-refractivity contribution in [3.63, 3.8) is 0 Å². The third kappa shape index (κ3) is 3.80. The molecule has 4 N–H and O–H groups in total. The van der Waals surface area contributed by atoms with E-state index in [1.807, 2.05) is 6.92 Å². The zero-order valence-corrected chi connectivity index (χ0v) is 15.9. The summed E-state index contributed by atoms with van der Waals surface area (Å²) < 4.78 is 16.1. The highest BCUT2D eigenvalue weighted by molar-refractivity contribution is 5.90. The predicted molar refractivity (Wildman–Crippen MR) is 101 cm³/mol. The topological polar surface area (TPSA) is 121 Å². The molecule has 1 aliphatic rings. The smallest absolute Gasteiger partial charge is 0.178 e. The van der Waals surface area contributed by atoms with Gasteiger partial charge in [0, 0.05) is 23.9 Å². The standard InChI is InChI=1S/C18H25N5O4/c1-9(21-18-12(24)5-6-27-18)15(20-2)17-22-11-8-14(26-4)13(25-3)7-10(11)16(19)23-17/h7-9,15,18,20-21H,5-6H2,1-4H3,(H2,19,22,23). The molecule has 2 aromatic rings. The van der Waals surface area contributed by atoms with E-state index < -0.39 is 6.23 Å². The number of Topliss-reactive ketones (excluding diaryl/α,β-unsaturated/α-hetero) is 1. The first kappa shape index (κ1) is 19.3. The fraction of sp³-hybridized carbons (Fsp3) is 0.500. The normalized spacial score (nSPS) is 19.3. The second kappa shape index (κ2) is 8.03. The van der Waals surface area contributed by atoms with E-state index in [2.05, 4.69) is 20.6 Å². The number of aromatic nitrogens is 2. The lowest BCUT2D eigenvalue weighted by Gasteiger charge is -2.26. The van der Waals surface area contributed by atoms with Crippen LogP contribution >= 0.6 is 0 Å². The van der Waals surface area contributed by atoms with Gasteiger partial charge in [-0.2, -0.15) is 0 Å². The van der Waals surface area contributed by atoms with Crippen LogP contribution in [0.25, 0.3) is 10.9 Å². The molecule has 1 saturated heterocycles. The summed E-state index contributed by atoms with van der Waals surface area (Å²) >= 11 is 0. The van der Waals surface area contributed by atoms with Crippen LogP contribution < -0.4 is 25.8 Å². The number of hydrogen-bond donors (Lipinski definition) is 3. The molecule has 0 bridgehead atoms. The number of nitrogen functional groups attached to an aromatic ring is 1. The minimum Gasteiger partial charge on any atom is -0.493 e. The van der Waals surface area contributed by atoms with Crippen LogP contribution in [0.1, 0.15) is 25.2 Å². The Balaban J connectivity index is 1.94. The fourth-order valence-corrected chi connectivity index (χ4v) is 3.22. The number of carbonyl (C=O) groups excluding carboxylic acids is 1. The number of methoxy groups -OCH3 is 2. The van der Waals surface area contributed by atoms with Gasteiger partial charge in [-0.3, -0.25) is 10.1 Å². The Morgan fingerprint density at radius 1 is 1.26 bits per heavy atom. The van der Waals surface area contributed by atoms with Crippen LogP contribution in [0.3, 0.4) is 0 Å². The van der Waals surface area contributed by atoms with Crippen LogP contribution in [0, 0.1) is 0 Å². The lowest BCUT2D eigenvalue weighted by molar-refractivity contribution is -0.124. The second-order valence-corrected chi connectivity index (χ2v) is 6.38. The number of nitrogens with zero attached hydrogens (tertiary/aromatic N) is 2. The van der Waals surface area contributed by atoms with Gasteiger partial charge in [-0.1, -0.05) is 0 Å². The highest BCUT2D eigenvalue weighted by Crippen LogP contribution is 2.33. The predicted octanol–water partition coefficient (Wildman–Crippen LogP) is 0.783. The average Bonchev–Trinajstić information content (AvgIpc) is 3.06. The van der Waals surface area contributed by atoms with E-state index in [4.69, 9.17) is 19.9 Å². The Kier molecular flexibility index (Phi) is 5.73. The zero-order valence-electron chi connectivity index (χ0n) is 15.9. The van der Waals surface area contributed by atoms with E-state index in [0.717, 1.165) is 0 Å². The average molecular weight is 375 g/mol. The summed E-state index contributed by atoms with van der Waals surface area (Å²) in [6.07, 6.45) is -0.173. The van der Waals surface area contributed by atoms with E-state index in [-0.39, 0.29) is 17.9 Å². The van der Waals surface area contributed by atoms with E-state index in [0.29, 0.717) is 47.1 Å². The van der Waals surface area contributed by atoms with Crippen molar-refractivity contribution >= 4 is 22.5 Å². The first-order valence-electron chi connectivity index (χ1n) is 8.75. The minimum absolute atomic E-state index is 0.0486. The highest BCUT2D eigenvalue weighted by Gasteiger charge is 2.30. The van der Waals surface area contributed by atoms with E-state index in [1.165, 1.54) is 0 Å². The SMILES string of the molecule is CNC(c1nc(N)c2cc(OC)c(OC)cc2n1)C(C)NC1OCCC1=O. The van der Waals surface area contributed by atoms with Gasteiger partial charge in [-0.05, 0) is 20.0 Å². The van der Waals surface area contributed by atoms with Crippen LogP contribution in [0.5, 0.6) is 11.5 Å². The minimum atomic E-state index is -0.599. The Bertz CT molecular complexity index is 844. The van der Waals surface area contributed by atoms with Crippen molar-refractivity contribution in [1.29, 1.82) is 0 Å². The maximum absolute atomic E-state index is 11.8. The zero-order chi connectivity index (χ0) is 19.6. The summed E-state index contributed by atoms with van der Waals surface area (Å²) in [6, 6.07) is 3.08. The summed E-state index contributed by atoms with van der Waals surface area (Å²) in [6.45, 7) is 2.38. The van der Waals surface area contributed by atoms with Crippen LogP contribution in [0.2, 0.25) is 0 Å². The maximum atomic E-state index is 11.8. The number of nitrogens with two attached hydrogens (primary N) is 1. The molecule has 1 aromatic heterocycles. The number of ether oxygens (including phenoxy) is 3. The molecule has 9 heteroatoms. The molecule has 1 aliphatic heterocycles. The number of rotatable bonds is 7. The van der Waals surface area contributed by atoms with Gasteiger partial charge >= 0.3 is 0 Å². The van der Waals surface area contributed by atoms with Gasteiger partial charge in [0.1, 0.15) is 11.6 Å². The molecule has 2 heterocycles. The van der Waals surface area contributed by atoms with Crippen molar-refractivity contribution in [3.05, 3.63) is 18.0 Å². The van der Waals surface area contributed by atoms with E-state index in [9.17, 15) is 4.79 Å². The first-order chi connectivity index (χ1) is 13.0. The molecule has 0 saturated carbocycles. The molecule has 9 nitrogen and oxygen atoms in total. The van der Waals surface area contributed by atoms with Gasteiger partial charge in [0.05, 0.1) is 32.4 Å². The van der Waals surface area contributed by atoms with Crippen LogP contribution in [0.4, 0.5) is 5.82 Å². The largest absolute Gasteiger partial charge is 0.493 e. The number of fused-ring (bicyclic) bond motifs is 1. The van der Waals surface area contributed by atoms with E-state index in [1.54, 1.807) is 33.4 Å². The molecule has 27 heavy (non-hydrogen) atoms. The monoisotopic (exact) mass is 375 g/mol. The van der Waals surface area contributed by atoms with Crippen LogP contribution in [-0.2, 0) is 9.53 Å². The maximum Gasteiger partial charge on any atom is 0.178 e. The van der Waals surface area contributed by atoms with Crippen molar-refractivity contribution in [3.8, 4) is 11.5 Å². The quantitative estimate of drug-likeness (QED) is 0.645. The second-order valence-electron chi connectivity index (χ2n) is 6.38. The molecule has 0 aliphatic carbocycles. The van der Waals surface area contributed by atoms with Gasteiger partial charge in [-0.15, -0.1) is 0 Å². The molecule has 0 radical (unpaired) electrons. The number of anilines is 1. The molecule has 3 unspecified atom stereocenters. The fourth-order valence-electron chi connectivity index (χ4n) is 3.22. The number of hydrogen-bond acceptors (Lipinski definition) is 9. The number of carbonyl (C=O) groups is 1. The number of ketones is 1. The van der Waals surface area contributed by atoms with Crippen molar-refractivity contribution in [1.82, 2.24) is 20.6 Å². The summed E-state index contributed by atoms with van der Waals surface area (Å²) in [4.78, 5) is 20.9. The lowest BCUT2D eigenvalue weighted by atomic mass is 10.1. The molecular weight excluding hydrogens is 350 g/mol. The Morgan fingerprint density at radius 3 is 2.56 bits per heavy atom. The van der Waals surface area contributed by atoms with Gasteiger partial charge in [-0.25, -0.2) is 9.97 Å². The molecule has 1 fully saturated rings. The van der Waals surface area contributed by atoms with Crippen LogP contribution in [-0.4, -0.2) is 55.9 Å². The summed E-state index contributed by atoms with van der Waals surface area (Å²) in [7, 11) is 4.93. The molecule has 146 valence electrons. The lowest BCUT2D eigenvalue weighted by Crippen LogP contribution is -2.46. The van der Waals surface area contributed by atoms with Gasteiger partial charge in [0.15, 0.2) is 23.5 Å². The van der Waals surface area contributed by atoms with Gasteiger partial charge in [0.2, 0.25) is 0 Å². The molecule has 0 amide bonds. The molecular formula is C18H25N5O4. The van der Waals surface area contributed by atoms with Gasteiger partial charge < -0.3 is 25.3 Å². The first-order valence-corrected chi connectivity index (χ1v) is 8.75. The molecule has 0 spiro atoms. The third-order valence-corrected chi connectivity index (χ3v) is 4.68. The summed E-state index contributed by atoms with van der Waals surface area (Å²) in [5.74, 6) is 2.03. The van der Waals surface area contributed by atoms with Crippen molar-refractivity contribution < 1.29 is 19.0 Å². The highest BCUT2D eigenvalue weighted by atomic mass is 16.5. The summed E-state index contributed by atoms with van der Waals surface area (Å²) in [5.41, 5.74) is 6.82. The Hall–Kier alpha value is -2.49. The number of likely N-dealkylation sites (N-methyl/N-ethyl adjacent to an activating group) is 1. The third-order valence-electron chi connectivity index (χ3n) is 4.68. The van der Waals surface area contributed by atoms with Crippen molar-refractivity contribution in [2.45, 2.75) is 31.7 Å². The number of benzene rings is 1. The van der Waals surface area contributed by atoms with Crippen molar-refractivity contribution in [2.75, 3.05) is 33.6 Å². The van der Waals surface area contributed by atoms with Crippen molar-refractivity contribution in [2.24, 2.45) is 0 Å². The molecule has 3 rings (SSSR count).